The van der Waals surface area contributed by atoms with Gasteiger partial charge in [-0.3, -0.25) is 0 Å². The first-order valence-electron chi connectivity index (χ1n) is 5.40. The van der Waals surface area contributed by atoms with E-state index in [1.54, 1.807) is 13.0 Å². The molecule has 1 aromatic rings. The van der Waals surface area contributed by atoms with E-state index in [1.165, 1.54) is 23.1 Å². The van der Waals surface area contributed by atoms with Crippen LogP contribution in [0.5, 0.6) is 5.75 Å². The SMILES string of the molecule is C=C(Cl)C(C)N(C(N)=S)c1cccc(OC(F)(F)F)c1. The van der Waals surface area contributed by atoms with Crippen molar-refractivity contribution < 1.29 is 17.9 Å². The molecule has 110 valence electrons. The molecule has 3 nitrogen and oxygen atoms in total. The summed E-state index contributed by atoms with van der Waals surface area (Å²) in [6.45, 7) is 5.24. The third-order valence-corrected chi connectivity index (χ3v) is 2.92. The third kappa shape index (κ3) is 4.57. The van der Waals surface area contributed by atoms with Gasteiger partial charge in [-0.05, 0) is 31.3 Å². The summed E-state index contributed by atoms with van der Waals surface area (Å²) in [7, 11) is 0. The molecule has 8 heteroatoms. The molecule has 1 aromatic carbocycles. The summed E-state index contributed by atoms with van der Waals surface area (Å²) in [4.78, 5) is 1.38. The van der Waals surface area contributed by atoms with Gasteiger partial charge in [0.15, 0.2) is 5.11 Å². The molecule has 0 aliphatic carbocycles. The maximum atomic E-state index is 12.2. The minimum absolute atomic E-state index is 0.0385. The van der Waals surface area contributed by atoms with Crippen LogP contribution in [0.1, 0.15) is 6.92 Å². The van der Waals surface area contributed by atoms with E-state index in [0.29, 0.717) is 5.69 Å². The van der Waals surface area contributed by atoms with Gasteiger partial charge in [0.05, 0.1) is 6.04 Å². The van der Waals surface area contributed by atoms with Crippen molar-refractivity contribution in [2.45, 2.75) is 19.3 Å². The van der Waals surface area contributed by atoms with Crippen LogP contribution in [0.25, 0.3) is 0 Å². The predicted octanol–water partition coefficient (Wildman–Crippen LogP) is 3.78. The summed E-state index contributed by atoms with van der Waals surface area (Å²) in [6.07, 6.45) is -4.77. The van der Waals surface area contributed by atoms with E-state index in [-0.39, 0.29) is 15.9 Å². The second kappa shape index (κ2) is 6.32. The molecule has 0 amide bonds. The fourth-order valence-electron chi connectivity index (χ4n) is 1.51. The van der Waals surface area contributed by atoms with Gasteiger partial charge in [-0.1, -0.05) is 24.2 Å². The van der Waals surface area contributed by atoms with E-state index >= 15 is 0 Å². The van der Waals surface area contributed by atoms with E-state index in [4.69, 9.17) is 29.6 Å². The number of thiocarbonyl (C=S) groups is 1. The molecule has 0 saturated carbocycles. The van der Waals surface area contributed by atoms with Crippen LogP contribution in [0.2, 0.25) is 0 Å². The van der Waals surface area contributed by atoms with Crippen LogP contribution >= 0.6 is 23.8 Å². The second-order valence-electron chi connectivity index (χ2n) is 3.88. The zero-order chi connectivity index (χ0) is 15.5. The molecule has 1 unspecified atom stereocenters. The smallest absolute Gasteiger partial charge is 0.406 e. The first-order chi connectivity index (χ1) is 9.11. The lowest BCUT2D eigenvalue weighted by molar-refractivity contribution is -0.274. The fraction of sp³-hybridized carbons (Fsp3) is 0.250. The molecule has 0 spiro atoms. The van der Waals surface area contributed by atoms with Gasteiger partial charge in [-0.2, -0.15) is 0 Å². The van der Waals surface area contributed by atoms with Crippen molar-refractivity contribution in [2.75, 3.05) is 4.90 Å². The molecule has 0 aliphatic rings. The highest BCUT2D eigenvalue weighted by Crippen LogP contribution is 2.29. The Morgan fingerprint density at radius 1 is 1.50 bits per heavy atom. The van der Waals surface area contributed by atoms with Crippen LogP contribution < -0.4 is 15.4 Å². The normalized spacial score (nSPS) is 12.7. The molecule has 0 aliphatic heterocycles. The van der Waals surface area contributed by atoms with Gasteiger partial charge in [-0.15, -0.1) is 13.2 Å². The Kier molecular flexibility index (Phi) is 5.24. The number of nitrogens with two attached hydrogens (primary N) is 1. The third-order valence-electron chi connectivity index (χ3n) is 2.41. The largest absolute Gasteiger partial charge is 0.573 e. The van der Waals surface area contributed by atoms with Gasteiger partial charge >= 0.3 is 6.36 Å². The van der Waals surface area contributed by atoms with Crippen molar-refractivity contribution in [3.8, 4) is 5.75 Å². The first-order valence-corrected chi connectivity index (χ1v) is 6.19. The van der Waals surface area contributed by atoms with Gasteiger partial charge < -0.3 is 15.4 Å². The average Bonchev–Trinajstić information content (AvgIpc) is 2.26. The van der Waals surface area contributed by atoms with Crippen molar-refractivity contribution in [1.29, 1.82) is 0 Å². The summed E-state index contributed by atoms with van der Waals surface area (Å²) in [6, 6.07) is 4.80. The Hall–Kier alpha value is -1.47. The first kappa shape index (κ1) is 16.6. The molecule has 1 rings (SSSR count). The van der Waals surface area contributed by atoms with Gasteiger partial charge in [0.1, 0.15) is 5.75 Å². The Morgan fingerprint density at radius 2 is 2.10 bits per heavy atom. The number of halogens is 4. The van der Waals surface area contributed by atoms with Crippen LogP contribution in [-0.2, 0) is 0 Å². The molecular formula is C12H12ClF3N2OS. The number of nitrogens with zero attached hydrogens (tertiary/aromatic N) is 1. The van der Waals surface area contributed by atoms with Crippen molar-refractivity contribution in [3.63, 3.8) is 0 Å². The van der Waals surface area contributed by atoms with Gasteiger partial charge in [0.2, 0.25) is 0 Å². The van der Waals surface area contributed by atoms with E-state index in [1.807, 2.05) is 0 Å². The molecule has 0 aromatic heterocycles. The maximum Gasteiger partial charge on any atom is 0.573 e. The summed E-state index contributed by atoms with van der Waals surface area (Å²) >= 11 is 10.7. The van der Waals surface area contributed by atoms with E-state index in [0.717, 1.165) is 0 Å². The maximum absolute atomic E-state index is 12.2. The van der Waals surface area contributed by atoms with Gasteiger partial charge in [0, 0.05) is 16.8 Å². The lowest BCUT2D eigenvalue weighted by Crippen LogP contribution is -2.42. The van der Waals surface area contributed by atoms with Crippen LogP contribution in [0.4, 0.5) is 18.9 Å². The number of ether oxygens (including phenoxy) is 1. The molecule has 1 atom stereocenters. The fourth-order valence-corrected chi connectivity index (χ4v) is 1.87. The lowest BCUT2D eigenvalue weighted by Gasteiger charge is -2.29. The number of hydrogen-bond acceptors (Lipinski definition) is 2. The molecule has 0 fully saturated rings. The lowest BCUT2D eigenvalue weighted by atomic mass is 10.2. The molecule has 0 bridgehead atoms. The van der Waals surface area contributed by atoms with E-state index in [9.17, 15) is 13.2 Å². The van der Waals surface area contributed by atoms with E-state index in [2.05, 4.69) is 11.3 Å². The molecule has 2 N–H and O–H groups in total. The highest BCUT2D eigenvalue weighted by molar-refractivity contribution is 7.80. The topological polar surface area (TPSA) is 38.5 Å². The number of hydrogen-bond donors (Lipinski definition) is 1. The van der Waals surface area contributed by atoms with Crippen LogP contribution in [0, 0.1) is 0 Å². The summed E-state index contributed by atoms with van der Waals surface area (Å²) in [5, 5.41) is 0.211. The highest BCUT2D eigenvalue weighted by Gasteiger charge is 2.31. The Labute approximate surface area is 124 Å². The monoisotopic (exact) mass is 324 g/mol. The van der Waals surface area contributed by atoms with Crippen LogP contribution in [0.15, 0.2) is 35.9 Å². The minimum atomic E-state index is -4.77. The zero-order valence-corrected chi connectivity index (χ0v) is 12.0. The molecule has 20 heavy (non-hydrogen) atoms. The second-order valence-corrected chi connectivity index (χ2v) is 4.78. The van der Waals surface area contributed by atoms with E-state index < -0.39 is 12.4 Å². The van der Waals surface area contributed by atoms with Crippen LogP contribution in [0.3, 0.4) is 0 Å². The Bertz CT molecular complexity index is 522. The predicted molar refractivity (Wildman–Crippen MR) is 76.8 cm³/mol. The Balaban J connectivity index is 3.13. The molecule has 0 heterocycles. The minimum Gasteiger partial charge on any atom is -0.406 e. The summed E-state index contributed by atoms with van der Waals surface area (Å²) in [5.41, 5.74) is 5.91. The molecular weight excluding hydrogens is 313 g/mol. The van der Waals surface area contributed by atoms with Crippen molar-refractivity contribution in [3.05, 3.63) is 35.9 Å². The summed E-state index contributed by atoms with van der Waals surface area (Å²) < 4.78 is 40.4. The quantitative estimate of drug-likeness (QED) is 0.856. The van der Waals surface area contributed by atoms with Crippen molar-refractivity contribution in [2.24, 2.45) is 5.73 Å². The standard InChI is InChI=1S/C12H12ClF3N2OS/c1-7(13)8(2)18(11(17)20)9-4-3-5-10(6-9)19-12(14,15)16/h3-6,8H,1H2,2H3,(H2,17,20). The van der Waals surface area contributed by atoms with Gasteiger partial charge in [0.25, 0.3) is 0 Å². The highest BCUT2D eigenvalue weighted by atomic mass is 35.5. The number of anilines is 1. The molecule has 0 saturated heterocycles. The average molecular weight is 325 g/mol. The van der Waals surface area contributed by atoms with Crippen molar-refractivity contribution >= 4 is 34.6 Å². The number of rotatable bonds is 4. The molecule has 0 radical (unpaired) electrons. The number of benzene rings is 1. The van der Waals surface area contributed by atoms with Crippen molar-refractivity contribution in [1.82, 2.24) is 0 Å². The zero-order valence-electron chi connectivity index (χ0n) is 10.4. The number of alkyl halides is 3. The summed E-state index contributed by atoms with van der Waals surface area (Å²) in [5.74, 6) is -0.372. The Morgan fingerprint density at radius 3 is 2.55 bits per heavy atom. The van der Waals surface area contributed by atoms with Crippen LogP contribution in [-0.4, -0.2) is 17.5 Å². The van der Waals surface area contributed by atoms with Gasteiger partial charge in [-0.25, -0.2) is 0 Å².